The molecule has 0 atom stereocenters. The third kappa shape index (κ3) is 10.9. The van der Waals surface area contributed by atoms with Crippen LogP contribution in [0.1, 0.15) is 46.9 Å². The summed E-state index contributed by atoms with van der Waals surface area (Å²) >= 11 is -0.826. The molecule has 0 N–H and O–H groups in total. The quantitative estimate of drug-likeness (QED) is 0.208. The van der Waals surface area contributed by atoms with Crippen molar-refractivity contribution in [3.8, 4) is 22.3 Å². The summed E-state index contributed by atoms with van der Waals surface area (Å²) in [5.74, 6) is 0.763. The second-order valence-corrected chi connectivity index (χ2v) is 13.1. The van der Waals surface area contributed by atoms with Crippen molar-refractivity contribution in [2.45, 2.75) is 24.7 Å². The molecule has 0 heterocycles. The molecular weight excluding hydrogens is 793 g/mol. The first-order chi connectivity index (χ1) is 19.3. The molecule has 0 nitrogen and oxygen atoms in total. The second kappa shape index (κ2) is 24.0. The topological polar surface area (TPSA) is 0 Å². The smallest absolute Gasteiger partial charge is 0.0619 e. The molecule has 6 heteroatoms. The summed E-state index contributed by atoms with van der Waals surface area (Å²) in [6, 6.07) is 35.8. The Hall–Kier alpha value is -1.23. The number of hydrogen-bond acceptors (Lipinski definition) is 0. The van der Waals surface area contributed by atoms with Gasteiger partial charge in [-0.25, -0.2) is 24.3 Å². The third-order valence-electron chi connectivity index (χ3n) is 7.27. The van der Waals surface area contributed by atoms with Crippen LogP contribution in [0.4, 0.5) is 0 Å². The Kier molecular flexibility index (Phi) is 24.5. The van der Waals surface area contributed by atoms with E-state index in [1.54, 1.807) is 0 Å². The molecule has 0 bridgehead atoms. The predicted octanol–water partition coefficient (Wildman–Crippen LogP) is 5.96. The Morgan fingerprint density at radius 1 is 0.489 bits per heavy atom. The van der Waals surface area contributed by atoms with Crippen molar-refractivity contribution in [3.63, 3.8) is 0 Å². The molecule has 232 valence electrons. The molecule has 4 aliphatic rings. The normalized spacial score (nSPS) is 12.6. The minimum absolute atomic E-state index is 0. The molecule has 4 aliphatic carbocycles. The van der Waals surface area contributed by atoms with Crippen molar-refractivity contribution >= 4 is 17.0 Å². The molecule has 4 aromatic carbocycles. The van der Waals surface area contributed by atoms with E-state index in [0.717, 1.165) is 12.8 Å². The first-order valence-corrected chi connectivity index (χ1v) is 19.4. The first-order valence-electron chi connectivity index (χ1n) is 13.1. The van der Waals surface area contributed by atoms with Crippen molar-refractivity contribution in [2.75, 3.05) is 0 Å². The van der Waals surface area contributed by atoms with Crippen molar-refractivity contribution in [1.29, 1.82) is 0 Å². The van der Waals surface area contributed by atoms with Crippen LogP contribution in [-0.2, 0) is 47.1 Å². The van der Waals surface area contributed by atoms with Crippen LogP contribution in [0.3, 0.4) is 0 Å². The first kappa shape index (κ1) is 45.9. The Morgan fingerprint density at radius 2 is 0.733 bits per heavy atom. The van der Waals surface area contributed by atoms with E-state index in [9.17, 15) is 0 Å². The van der Waals surface area contributed by atoms with Gasteiger partial charge in [0.2, 0.25) is 0 Å². The van der Waals surface area contributed by atoms with Gasteiger partial charge in [0.05, 0.1) is 0 Å². The molecule has 45 heavy (non-hydrogen) atoms. The monoisotopic (exact) mass is 825 g/mol. The van der Waals surface area contributed by atoms with E-state index in [4.69, 9.17) is 17.0 Å². The average molecular weight is 830 g/mol. The maximum Gasteiger partial charge on any atom is 2.00 e. The number of allylic oxidation sites excluding steroid dienone is 8. The minimum atomic E-state index is -0.826. The summed E-state index contributed by atoms with van der Waals surface area (Å²) in [4.78, 5) is 0. The van der Waals surface area contributed by atoms with E-state index in [1.165, 1.54) is 44.5 Å². The van der Waals surface area contributed by atoms with Gasteiger partial charge in [0.25, 0.3) is 0 Å². The van der Waals surface area contributed by atoms with Crippen LogP contribution in [0.15, 0.2) is 134 Å². The fourth-order valence-electron chi connectivity index (χ4n) is 5.79. The minimum Gasteiger partial charge on any atom is -0.0619 e. The van der Waals surface area contributed by atoms with Crippen LogP contribution in [0, 0.1) is 34.4 Å². The van der Waals surface area contributed by atoms with E-state index in [0.29, 0.717) is 11.8 Å². The average Bonchev–Trinajstić information content (AvgIpc) is 3.81. The van der Waals surface area contributed by atoms with Crippen LogP contribution in [-0.4, -0.2) is 0 Å². The van der Waals surface area contributed by atoms with Gasteiger partial charge in [-0.2, -0.15) is 12.2 Å². The number of fused-ring (bicyclic) bond motifs is 6. The Morgan fingerprint density at radius 3 is 0.911 bits per heavy atom. The number of rotatable bonds is 1. The SMILES string of the molecule is [C-]1=CC=CC1.[C-]1=CC=CC1.[CH3-].[CH3-].[CH3-].[Cl-].[Cl-].[Cl][Zr+2][Cl].[Zr+2].c1ccc2c(c1)-c1ccccc1C2C1c2ccccc2-c2ccccc21. The predicted molar refractivity (Wildman–Crippen MR) is 182 cm³/mol. The number of benzene rings is 4. The summed E-state index contributed by atoms with van der Waals surface area (Å²) in [5.41, 5.74) is 11.4. The second-order valence-electron chi connectivity index (χ2n) is 9.38. The molecule has 0 fully saturated rings. The molecule has 4 aromatic rings. The van der Waals surface area contributed by atoms with Gasteiger partial charge in [-0.1, -0.05) is 97.1 Å². The Balaban J connectivity index is 0. The standard InChI is InChI=1S/C26H18.2C5H5.3CH3.4ClH.2Zr/c1-5-13-21-17(9-1)18-10-2-6-14-22(18)25(21)26-23-15-7-3-11-19(23)20-12-4-8-16-24(20)26;2*1-2-4-5-3-1;;;;;;;;;/h1-16,25-26H;2*1-3H,4H2;3*1H3;4*1H;;/q;5*-1;;;;;+2;+4/p-4. The fourth-order valence-corrected chi connectivity index (χ4v) is 5.79. The van der Waals surface area contributed by atoms with Crippen molar-refractivity contribution in [1.82, 2.24) is 0 Å². The van der Waals surface area contributed by atoms with Crippen molar-refractivity contribution in [2.24, 2.45) is 0 Å². The van der Waals surface area contributed by atoms with Gasteiger partial charge in [-0.15, -0.1) is 12.8 Å². The summed E-state index contributed by atoms with van der Waals surface area (Å²) < 4.78 is 0. The van der Waals surface area contributed by atoms with Crippen LogP contribution in [0.5, 0.6) is 0 Å². The maximum atomic E-state index is 4.93. The van der Waals surface area contributed by atoms with Gasteiger partial charge in [0.15, 0.2) is 0 Å². The molecule has 0 aromatic heterocycles. The molecule has 0 unspecified atom stereocenters. The maximum absolute atomic E-state index is 4.93. The molecule has 0 radical (unpaired) electrons. The molecule has 0 saturated carbocycles. The van der Waals surface area contributed by atoms with Gasteiger partial charge in [0.1, 0.15) is 0 Å². The van der Waals surface area contributed by atoms with Crippen molar-refractivity contribution < 1.29 is 71.9 Å². The van der Waals surface area contributed by atoms with Crippen LogP contribution < -0.4 is 24.8 Å². The molecule has 0 saturated heterocycles. The number of halogens is 4. The van der Waals surface area contributed by atoms with Gasteiger partial charge >= 0.3 is 64.1 Å². The third-order valence-corrected chi connectivity index (χ3v) is 7.27. The Bertz CT molecular complexity index is 1320. The van der Waals surface area contributed by atoms with Crippen LogP contribution in [0.2, 0.25) is 0 Å². The number of hydrogen-bond donors (Lipinski definition) is 0. The van der Waals surface area contributed by atoms with Gasteiger partial charge in [-0.3, -0.25) is 12.2 Å². The van der Waals surface area contributed by atoms with E-state index < -0.39 is 20.8 Å². The largest absolute Gasteiger partial charge is 2.00 e. The van der Waals surface area contributed by atoms with Gasteiger partial charge in [-0.05, 0) is 44.5 Å². The van der Waals surface area contributed by atoms with Gasteiger partial charge in [0, 0.05) is 11.8 Å². The van der Waals surface area contributed by atoms with E-state index in [2.05, 4.69) is 121 Å². The molecule has 0 amide bonds. The summed E-state index contributed by atoms with van der Waals surface area (Å²) in [6.45, 7) is 0. The summed E-state index contributed by atoms with van der Waals surface area (Å²) in [7, 11) is 9.87. The van der Waals surface area contributed by atoms with Gasteiger partial charge < -0.3 is 47.1 Å². The summed E-state index contributed by atoms with van der Waals surface area (Å²) in [5, 5.41) is 0. The zero-order valence-electron chi connectivity index (χ0n) is 25.8. The van der Waals surface area contributed by atoms with Crippen LogP contribution >= 0.6 is 17.0 Å². The van der Waals surface area contributed by atoms with E-state index in [-0.39, 0.29) is 73.3 Å². The zero-order valence-corrected chi connectivity index (χ0v) is 33.7. The molecule has 0 aliphatic heterocycles. The Labute approximate surface area is 322 Å². The fraction of sp³-hybridized carbons (Fsp3) is 0.103. The zero-order chi connectivity index (χ0) is 26.9. The van der Waals surface area contributed by atoms with Crippen LogP contribution in [0.25, 0.3) is 22.3 Å². The van der Waals surface area contributed by atoms with E-state index in [1.807, 2.05) is 24.3 Å². The molecule has 8 rings (SSSR count). The van der Waals surface area contributed by atoms with Crippen molar-refractivity contribution in [3.05, 3.63) is 190 Å². The molecular formula is C39H37Cl4Zr2-3. The van der Waals surface area contributed by atoms with E-state index >= 15 is 0 Å². The summed E-state index contributed by atoms with van der Waals surface area (Å²) in [6.07, 6.45) is 20.0. The molecule has 0 spiro atoms.